The Bertz CT molecular complexity index is 609. The van der Waals surface area contributed by atoms with E-state index in [0.29, 0.717) is 12.4 Å². The second kappa shape index (κ2) is 5.52. The number of fused-ring (bicyclic) bond motifs is 1. The first-order valence-electron chi connectivity index (χ1n) is 6.18. The maximum Gasteiger partial charge on any atom is 0.328 e. The molecule has 2 aromatic rings. The highest BCUT2D eigenvalue weighted by Gasteiger charge is 2.18. The van der Waals surface area contributed by atoms with E-state index in [2.05, 4.69) is 22.2 Å². The zero-order valence-electron chi connectivity index (χ0n) is 11.5. The summed E-state index contributed by atoms with van der Waals surface area (Å²) in [7, 11) is 0. The van der Waals surface area contributed by atoms with Crippen LogP contribution in [0.4, 0.5) is 5.82 Å². The Labute approximate surface area is 116 Å². The molecule has 0 amide bonds. The highest BCUT2D eigenvalue weighted by Crippen LogP contribution is 2.32. The first kappa shape index (κ1) is 13.7. The average molecular weight is 279 g/mol. The van der Waals surface area contributed by atoms with Crippen LogP contribution in [0.2, 0.25) is 0 Å². The van der Waals surface area contributed by atoms with E-state index < -0.39 is 6.04 Å². The molecule has 6 heteroatoms. The van der Waals surface area contributed by atoms with E-state index in [1.165, 1.54) is 11.2 Å². The lowest BCUT2D eigenvalue weighted by atomic mass is 10.2. The van der Waals surface area contributed by atoms with Crippen molar-refractivity contribution in [2.24, 2.45) is 0 Å². The van der Waals surface area contributed by atoms with E-state index in [0.717, 1.165) is 15.8 Å². The normalized spacial score (nSPS) is 12.4. The number of ether oxygens (including phenoxy) is 1. The summed E-state index contributed by atoms with van der Waals surface area (Å²) < 4.78 is 4.98. The van der Waals surface area contributed by atoms with Gasteiger partial charge in [-0.05, 0) is 33.3 Å². The monoisotopic (exact) mass is 279 g/mol. The third kappa shape index (κ3) is 2.68. The number of rotatable bonds is 4. The molecule has 0 bridgehead atoms. The fourth-order valence-corrected chi connectivity index (χ4v) is 2.82. The minimum atomic E-state index is -0.433. The first-order valence-corrected chi connectivity index (χ1v) is 7.00. The van der Waals surface area contributed by atoms with Gasteiger partial charge in [0.25, 0.3) is 0 Å². The van der Waals surface area contributed by atoms with Crippen molar-refractivity contribution in [3.8, 4) is 0 Å². The summed E-state index contributed by atoms with van der Waals surface area (Å²) in [5.41, 5.74) is 1.15. The molecule has 1 N–H and O–H groups in total. The maximum atomic E-state index is 11.6. The third-order valence-electron chi connectivity index (χ3n) is 2.96. The predicted octanol–water partition coefficient (Wildman–Crippen LogP) is 2.67. The van der Waals surface area contributed by atoms with Gasteiger partial charge in [0.05, 0.1) is 12.0 Å². The SMILES string of the molecule is CCOC(=O)[C@@H](C)Nc1ncnc2sc(C)c(C)c12. The molecule has 0 saturated heterocycles. The Morgan fingerprint density at radius 2 is 2.21 bits per heavy atom. The van der Waals surface area contributed by atoms with Gasteiger partial charge < -0.3 is 10.1 Å². The van der Waals surface area contributed by atoms with Gasteiger partial charge in [-0.25, -0.2) is 14.8 Å². The lowest BCUT2D eigenvalue weighted by Gasteiger charge is -2.13. The Balaban J connectivity index is 2.33. The van der Waals surface area contributed by atoms with Gasteiger partial charge in [0.2, 0.25) is 0 Å². The molecule has 0 spiro atoms. The summed E-state index contributed by atoms with van der Waals surface area (Å²) in [4.78, 5) is 22.3. The molecule has 0 aliphatic rings. The lowest BCUT2D eigenvalue weighted by molar-refractivity contribution is -0.143. The Morgan fingerprint density at radius 3 is 2.89 bits per heavy atom. The van der Waals surface area contributed by atoms with Crippen LogP contribution in [0.15, 0.2) is 6.33 Å². The second-order valence-electron chi connectivity index (χ2n) is 4.30. The summed E-state index contributed by atoms with van der Waals surface area (Å²) in [5.74, 6) is 0.409. The van der Waals surface area contributed by atoms with Crippen LogP contribution in [0.5, 0.6) is 0 Å². The van der Waals surface area contributed by atoms with Gasteiger partial charge in [-0.3, -0.25) is 0 Å². The number of esters is 1. The molecule has 5 nitrogen and oxygen atoms in total. The summed E-state index contributed by atoms with van der Waals surface area (Å²) in [6.45, 7) is 8.03. The summed E-state index contributed by atoms with van der Waals surface area (Å²) in [6, 6.07) is -0.433. The van der Waals surface area contributed by atoms with Gasteiger partial charge in [-0.15, -0.1) is 11.3 Å². The van der Waals surface area contributed by atoms with Crippen LogP contribution in [0.1, 0.15) is 24.3 Å². The standard InChI is InChI=1S/C13H17N3O2S/c1-5-18-13(17)8(3)16-11-10-7(2)9(4)19-12(10)15-6-14-11/h6,8H,5H2,1-4H3,(H,14,15,16)/t8-/m1/s1. The van der Waals surface area contributed by atoms with E-state index in [9.17, 15) is 4.79 Å². The van der Waals surface area contributed by atoms with Crippen molar-refractivity contribution < 1.29 is 9.53 Å². The molecule has 1 atom stereocenters. The number of carbonyl (C=O) groups excluding carboxylic acids is 1. The minimum Gasteiger partial charge on any atom is -0.464 e. The fourth-order valence-electron chi connectivity index (χ4n) is 1.82. The number of anilines is 1. The molecule has 0 aliphatic carbocycles. The molecule has 102 valence electrons. The molecule has 0 saturated carbocycles. The number of nitrogens with zero attached hydrogens (tertiary/aromatic N) is 2. The molecule has 0 radical (unpaired) electrons. The number of thiophene rings is 1. The van der Waals surface area contributed by atoms with E-state index in [1.54, 1.807) is 25.2 Å². The number of nitrogens with one attached hydrogen (secondary N) is 1. The Hall–Kier alpha value is -1.69. The van der Waals surface area contributed by atoms with Crippen LogP contribution < -0.4 is 5.32 Å². The predicted molar refractivity (Wildman–Crippen MR) is 76.6 cm³/mol. The smallest absolute Gasteiger partial charge is 0.328 e. The molecule has 19 heavy (non-hydrogen) atoms. The number of hydrogen-bond acceptors (Lipinski definition) is 6. The molecule has 0 aliphatic heterocycles. The van der Waals surface area contributed by atoms with E-state index in [1.807, 2.05) is 6.92 Å². The quantitative estimate of drug-likeness (QED) is 0.872. The van der Waals surface area contributed by atoms with Crippen molar-refractivity contribution in [1.82, 2.24) is 9.97 Å². The van der Waals surface area contributed by atoms with Crippen LogP contribution in [0.25, 0.3) is 10.2 Å². The molecular formula is C13H17N3O2S. The summed E-state index contributed by atoms with van der Waals surface area (Å²) in [5, 5.41) is 4.09. The van der Waals surface area contributed by atoms with Crippen molar-refractivity contribution in [3.05, 3.63) is 16.8 Å². The molecule has 2 rings (SSSR count). The van der Waals surface area contributed by atoms with E-state index >= 15 is 0 Å². The highest BCUT2D eigenvalue weighted by molar-refractivity contribution is 7.18. The molecule has 0 fully saturated rings. The van der Waals surface area contributed by atoms with Crippen molar-refractivity contribution >= 4 is 33.3 Å². The van der Waals surface area contributed by atoms with Crippen molar-refractivity contribution in [1.29, 1.82) is 0 Å². The Kier molecular flexibility index (Phi) is 3.99. The maximum absolute atomic E-state index is 11.6. The van der Waals surface area contributed by atoms with Gasteiger partial charge in [0, 0.05) is 4.88 Å². The zero-order valence-corrected chi connectivity index (χ0v) is 12.3. The summed E-state index contributed by atoms with van der Waals surface area (Å²) >= 11 is 1.63. The van der Waals surface area contributed by atoms with Crippen LogP contribution in [-0.4, -0.2) is 28.6 Å². The van der Waals surface area contributed by atoms with Crippen molar-refractivity contribution in [3.63, 3.8) is 0 Å². The topological polar surface area (TPSA) is 64.1 Å². The number of aromatic nitrogens is 2. The number of aryl methyl sites for hydroxylation is 2. The number of carbonyl (C=O) groups is 1. The van der Waals surface area contributed by atoms with Gasteiger partial charge in [0.15, 0.2) is 0 Å². The summed E-state index contributed by atoms with van der Waals surface area (Å²) in [6.07, 6.45) is 1.51. The average Bonchev–Trinajstić information content (AvgIpc) is 2.66. The van der Waals surface area contributed by atoms with Gasteiger partial charge in [-0.2, -0.15) is 0 Å². The third-order valence-corrected chi connectivity index (χ3v) is 4.07. The molecule has 2 aromatic heterocycles. The van der Waals surface area contributed by atoms with E-state index in [4.69, 9.17) is 4.74 Å². The second-order valence-corrected chi connectivity index (χ2v) is 5.51. The molecule has 2 heterocycles. The van der Waals surface area contributed by atoms with Crippen LogP contribution in [-0.2, 0) is 9.53 Å². The first-order chi connectivity index (χ1) is 9.04. The minimum absolute atomic E-state index is 0.279. The van der Waals surface area contributed by atoms with Crippen molar-refractivity contribution in [2.45, 2.75) is 33.7 Å². The van der Waals surface area contributed by atoms with Crippen LogP contribution >= 0.6 is 11.3 Å². The number of hydrogen-bond donors (Lipinski definition) is 1. The Morgan fingerprint density at radius 1 is 1.47 bits per heavy atom. The molecule has 0 aromatic carbocycles. The van der Waals surface area contributed by atoms with Crippen LogP contribution in [0.3, 0.4) is 0 Å². The lowest BCUT2D eigenvalue weighted by Crippen LogP contribution is -2.28. The van der Waals surface area contributed by atoms with Gasteiger partial charge in [0.1, 0.15) is 23.0 Å². The largest absolute Gasteiger partial charge is 0.464 e. The van der Waals surface area contributed by atoms with Gasteiger partial charge >= 0.3 is 5.97 Å². The molecule has 0 unspecified atom stereocenters. The highest BCUT2D eigenvalue weighted by atomic mass is 32.1. The van der Waals surface area contributed by atoms with Crippen molar-refractivity contribution in [2.75, 3.05) is 11.9 Å². The van der Waals surface area contributed by atoms with Crippen LogP contribution in [0, 0.1) is 13.8 Å². The van der Waals surface area contributed by atoms with Gasteiger partial charge in [-0.1, -0.05) is 0 Å². The van der Waals surface area contributed by atoms with E-state index in [-0.39, 0.29) is 5.97 Å². The fraction of sp³-hybridized carbons (Fsp3) is 0.462. The zero-order chi connectivity index (χ0) is 14.0. The molecular weight excluding hydrogens is 262 g/mol.